The van der Waals surface area contributed by atoms with Crippen LogP contribution >= 0.6 is 0 Å². The Bertz CT molecular complexity index is 1220. The van der Waals surface area contributed by atoms with Gasteiger partial charge in [-0.05, 0) is 84.2 Å². The lowest BCUT2D eigenvalue weighted by Crippen LogP contribution is -2.44. The molecule has 0 radical (unpaired) electrons. The van der Waals surface area contributed by atoms with Crippen molar-refractivity contribution in [3.05, 3.63) is 82.7 Å². The normalized spacial score (nSPS) is 26.7. The maximum absolute atomic E-state index is 12.0. The summed E-state index contributed by atoms with van der Waals surface area (Å²) >= 11 is 0. The van der Waals surface area contributed by atoms with E-state index in [9.17, 15) is 4.79 Å². The van der Waals surface area contributed by atoms with E-state index in [2.05, 4.69) is 54.5 Å². The van der Waals surface area contributed by atoms with Gasteiger partial charge in [0.2, 0.25) is 0 Å². The summed E-state index contributed by atoms with van der Waals surface area (Å²) in [7, 11) is 1.44. The minimum Gasteiger partial charge on any atom is -0.489 e. The van der Waals surface area contributed by atoms with Gasteiger partial charge in [-0.25, -0.2) is 0 Å². The maximum Gasteiger partial charge on any atom is 0.327 e. The van der Waals surface area contributed by atoms with Crippen molar-refractivity contribution >= 4 is 5.97 Å². The predicted molar refractivity (Wildman–Crippen MR) is 130 cm³/mol. The lowest BCUT2D eigenvalue weighted by molar-refractivity contribution is -0.141. The first-order valence-corrected chi connectivity index (χ1v) is 12.5. The molecule has 1 saturated carbocycles. The molecule has 2 aromatic carbocycles. The Balaban J connectivity index is 1.22. The van der Waals surface area contributed by atoms with Crippen LogP contribution in [0.25, 0.3) is 0 Å². The highest BCUT2D eigenvalue weighted by Crippen LogP contribution is 2.60. The first-order chi connectivity index (χ1) is 16.6. The van der Waals surface area contributed by atoms with E-state index in [1.165, 1.54) is 47.9 Å². The number of nitrogens with zero attached hydrogens (tertiary/aromatic N) is 2. The van der Waals surface area contributed by atoms with Crippen LogP contribution in [-0.4, -0.2) is 22.9 Å². The van der Waals surface area contributed by atoms with Crippen LogP contribution in [0.1, 0.15) is 60.1 Å². The van der Waals surface area contributed by atoms with Crippen LogP contribution in [0.15, 0.2) is 54.7 Å². The predicted octanol–water partition coefficient (Wildman–Crippen LogP) is 5.21. The van der Waals surface area contributed by atoms with Crippen molar-refractivity contribution in [3.8, 4) is 5.75 Å². The summed E-state index contributed by atoms with van der Waals surface area (Å²) in [6, 6.07) is 17.1. The Morgan fingerprint density at radius 3 is 2.82 bits per heavy atom. The largest absolute Gasteiger partial charge is 0.489 e. The first-order valence-electron chi connectivity index (χ1n) is 12.5. The first kappa shape index (κ1) is 21.5. The lowest BCUT2D eigenvalue weighted by atomic mass is 9.55. The number of methoxy groups -OCH3 is 1. The summed E-state index contributed by atoms with van der Waals surface area (Å²) < 4.78 is 12.9. The van der Waals surface area contributed by atoms with Gasteiger partial charge in [-0.15, -0.1) is 0 Å². The highest BCUT2D eigenvalue weighted by atomic mass is 16.5. The molecule has 3 aliphatic carbocycles. The van der Waals surface area contributed by atoms with Gasteiger partial charge in [0.1, 0.15) is 18.9 Å². The van der Waals surface area contributed by atoms with E-state index < -0.39 is 0 Å². The number of esters is 1. The molecular formula is C29H32N2O3. The van der Waals surface area contributed by atoms with E-state index in [-0.39, 0.29) is 17.9 Å². The van der Waals surface area contributed by atoms with Gasteiger partial charge in [0, 0.05) is 11.1 Å². The maximum atomic E-state index is 12.0. The molecule has 1 heterocycles. The molecule has 5 nitrogen and oxygen atoms in total. The number of hydrogen-bond acceptors (Lipinski definition) is 4. The molecule has 34 heavy (non-hydrogen) atoms. The second-order valence-corrected chi connectivity index (χ2v) is 10.5. The molecule has 3 aliphatic rings. The summed E-state index contributed by atoms with van der Waals surface area (Å²) in [4.78, 5) is 12.0. The van der Waals surface area contributed by atoms with Crippen LogP contribution in [0.3, 0.4) is 0 Å². The van der Waals surface area contributed by atoms with Gasteiger partial charge in [-0.3, -0.25) is 9.48 Å². The average molecular weight is 457 g/mol. The van der Waals surface area contributed by atoms with E-state index in [4.69, 9.17) is 9.47 Å². The Morgan fingerprint density at radius 1 is 1.15 bits per heavy atom. The van der Waals surface area contributed by atoms with Crippen LogP contribution in [0, 0.1) is 11.8 Å². The van der Waals surface area contributed by atoms with Gasteiger partial charge in [-0.1, -0.05) is 43.3 Å². The SMILES string of the molecule is COC(=O)Cn1ncc2c1[C@@]1(C)CC[C@@H]3c4ccc(OCc5ccccc5)cc4CC[C@H]3[C@@H]1C2. The smallest absolute Gasteiger partial charge is 0.327 e. The van der Waals surface area contributed by atoms with E-state index in [0.29, 0.717) is 24.4 Å². The second-order valence-electron chi connectivity index (χ2n) is 10.5. The number of fused-ring (bicyclic) bond motifs is 7. The fourth-order valence-corrected chi connectivity index (χ4v) is 7.16. The summed E-state index contributed by atoms with van der Waals surface area (Å²) in [5, 5.41) is 4.55. The average Bonchev–Trinajstić information content (AvgIpc) is 3.40. The molecule has 6 rings (SSSR count). The molecule has 176 valence electrons. The van der Waals surface area contributed by atoms with Crippen molar-refractivity contribution in [1.29, 1.82) is 0 Å². The van der Waals surface area contributed by atoms with Crippen molar-refractivity contribution in [3.63, 3.8) is 0 Å². The number of hydrogen-bond donors (Lipinski definition) is 0. The molecule has 3 aromatic rings. The van der Waals surface area contributed by atoms with Crippen molar-refractivity contribution in [2.45, 2.75) is 63.5 Å². The third-order valence-electron chi connectivity index (χ3n) is 8.74. The molecule has 4 atom stereocenters. The molecule has 1 aromatic heterocycles. The Hall–Kier alpha value is -3.08. The molecule has 0 aliphatic heterocycles. The van der Waals surface area contributed by atoms with E-state index in [1.54, 1.807) is 0 Å². The minimum atomic E-state index is -0.233. The standard InChI is InChI=1S/C29H32N2O3/c1-29-13-12-24-23-11-9-22(34-18-19-6-4-3-5-7-19)14-20(23)8-10-25(24)26(29)15-21-16-30-31(28(21)29)17-27(32)33-2/h3-7,9,11,14,16,24-26H,8,10,12-13,15,17-18H2,1-2H3/t24-,25-,26+,29+/m1/s1. The van der Waals surface area contributed by atoms with Crippen LogP contribution in [-0.2, 0) is 40.9 Å². The second kappa shape index (κ2) is 8.30. The van der Waals surface area contributed by atoms with Crippen molar-refractivity contribution in [2.24, 2.45) is 11.8 Å². The van der Waals surface area contributed by atoms with Crippen LogP contribution in [0.5, 0.6) is 5.75 Å². The van der Waals surface area contributed by atoms with Gasteiger partial charge in [0.15, 0.2) is 0 Å². The van der Waals surface area contributed by atoms with Crippen LogP contribution < -0.4 is 4.74 Å². The lowest BCUT2D eigenvalue weighted by Gasteiger charge is -2.49. The quantitative estimate of drug-likeness (QED) is 0.495. The van der Waals surface area contributed by atoms with Gasteiger partial charge < -0.3 is 9.47 Å². The molecule has 0 spiro atoms. The molecule has 0 saturated heterocycles. The molecule has 0 bridgehead atoms. The summed E-state index contributed by atoms with van der Waals surface area (Å²) in [6.45, 7) is 3.22. The molecule has 5 heteroatoms. The van der Waals surface area contributed by atoms with Gasteiger partial charge >= 0.3 is 5.97 Å². The van der Waals surface area contributed by atoms with Gasteiger partial charge in [-0.2, -0.15) is 5.10 Å². The summed E-state index contributed by atoms with van der Waals surface area (Å²) in [6.07, 6.45) is 7.69. The third-order valence-corrected chi connectivity index (χ3v) is 8.74. The fraction of sp³-hybridized carbons (Fsp3) is 0.448. The number of aryl methyl sites for hydroxylation is 1. The number of rotatable bonds is 5. The van der Waals surface area contributed by atoms with E-state index >= 15 is 0 Å². The zero-order chi connectivity index (χ0) is 23.3. The Labute approximate surface area is 201 Å². The van der Waals surface area contributed by atoms with Crippen molar-refractivity contribution in [1.82, 2.24) is 9.78 Å². The molecule has 1 fully saturated rings. The van der Waals surface area contributed by atoms with Crippen LogP contribution in [0.2, 0.25) is 0 Å². The highest BCUT2D eigenvalue weighted by Gasteiger charge is 2.54. The van der Waals surface area contributed by atoms with Crippen molar-refractivity contribution in [2.75, 3.05) is 7.11 Å². The Kier molecular flexibility index (Phi) is 5.23. The van der Waals surface area contributed by atoms with Crippen LogP contribution in [0.4, 0.5) is 0 Å². The zero-order valence-electron chi connectivity index (χ0n) is 20.0. The molecular weight excluding hydrogens is 424 g/mol. The minimum absolute atomic E-state index is 0.0806. The zero-order valence-corrected chi connectivity index (χ0v) is 20.0. The summed E-state index contributed by atoms with van der Waals surface area (Å²) in [5.74, 6) is 2.61. The molecule has 0 N–H and O–H groups in total. The van der Waals surface area contributed by atoms with E-state index in [0.717, 1.165) is 25.0 Å². The number of carbonyl (C=O) groups is 1. The fourth-order valence-electron chi connectivity index (χ4n) is 7.16. The van der Waals surface area contributed by atoms with Gasteiger partial charge in [0.25, 0.3) is 0 Å². The molecule has 0 unspecified atom stereocenters. The number of ether oxygens (including phenoxy) is 2. The van der Waals surface area contributed by atoms with E-state index in [1.807, 2.05) is 16.9 Å². The van der Waals surface area contributed by atoms with Gasteiger partial charge in [0.05, 0.1) is 13.3 Å². The topological polar surface area (TPSA) is 53.4 Å². The van der Waals surface area contributed by atoms with Crippen molar-refractivity contribution < 1.29 is 14.3 Å². The number of benzene rings is 2. The highest BCUT2D eigenvalue weighted by molar-refractivity contribution is 5.69. The third kappa shape index (κ3) is 3.44. The Morgan fingerprint density at radius 2 is 2.00 bits per heavy atom. The number of aromatic nitrogens is 2. The molecule has 0 amide bonds. The summed E-state index contributed by atoms with van der Waals surface area (Å²) in [5.41, 5.74) is 6.86. The number of carbonyl (C=O) groups excluding carboxylic acids is 1. The monoisotopic (exact) mass is 456 g/mol.